The average molecular weight is 211 g/mol. The molecule has 0 bridgehead atoms. The zero-order chi connectivity index (χ0) is 5.98. The fraction of sp³-hybridized carbons (Fsp3) is 0. The minimum absolute atomic E-state index is 0. The SMILES string of the molecule is Oc1ccc(O)cc1.[Ru]. The van der Waals surface area contributed by atoms with E-state index in [4.69, 9.17) is 10.2 Å². The summed E-state index contributed by atoms with van der Waals surface area (Å²) in [6.07, 6.45) is 0. The van der Waals surface area contributed by atoms with Gasteiger partial charge in [0.25, 0.3) is 0 Å². The van der Waals surface area contributed by atoms with E-state index in [2.05, 4.69) is 0 Å². The van der Waals surface area contributed by atoms with Crippen LogP contribution in [0.4, 0.5) is 0 Å². The summed E-state index contributed by atoms with van der Waals surface area (Å²) in [7, 11) is 0. The van der Waals surface area contributed by atoms with E-state index in [0.29, 0.717) is 0 Å². The molecule has 1 rings (SSSR count). The summed E-state index contributed by atoms with van der Waals surface area (Å²) in [6, 6.07) is 5.70. The zero-order valence-electron chi connectivity index (χ0n) is 4.56. The molecule has 0 aliphatic heterocycles. The van der Waals surface area contributed by atoms with E-state index in [1.54, 1.807) is 0 Å². The summed E-state index contributed by atoms with van der Waals surface area (Å²) in [5.74, 6) is 0.339. The number of benzene rings is 1. The molecular weight excluding hydrogens is 205 g/mol. The van der Waals surface area contributed by atoms with Gasteiger partial charge in [-0.1, -0.05) is 0 Å². The van der Waals surface area contributed by atoms with Crippen LogP contribution < -0.4 is 0 Å². The normalized spacial score (nSPS) is 8.00. The molecule has 0 saturated carbocycles. The first-order valence-electron chi connectivity index (χ1n) is 2.27. The molecule has 0 aromatic heterocycles. The maximum atomic E-state index is 8.65. The van der Waals surface area contributed by atoms with Crippen LogP contribution in [0, 0.1) is 0 Å². The molecule has 0 atom stereocenters. The van der Waals surface area contributed by atoms with Gasteiger partial charge in [0.05, 0.1) is 0 Å². The van der Waals surface area contributed by atoms with Crippen LogP contribution in [0.3, 0.4) is 0 Å². The van der Waals surface area contributed by atoms with Crippen molar-refractivity contribution in [3.8, 4) is 11.5 Å². The Morgan fingerprint density at radius 3 is 1.22 bits per heavy atom. The largest absolute Gasteiger partial charge is 0.508 e. The van der Waals surface area contributed by atoms with Gasteiger partial charge in [0.15, 0.2) is 0 Å². The van der Waals surface area contributed by atoms with E-state index in [-0.39, 0.29) is 31.0 Å². The Morgan fingerprint density at radius 1 is 0.778 bits per heavy atom. The molecule has 2 N–H and O–H groups in total. The first-order chi connectivity index (χ1) is 3.79. The molecule has 9 heavy (non-hydrogen) atoms. The van der Waals surface area contributed by atoms with Crippen LogP contribution in [0.2, 0.25) is 0 Å². The molecule has 0 aliphatic rings. The van der Waals surface area contributed by atoms with E-state index in [0.717, 1.165) is 0 Å². The van der Waals surface area contributed by atoms with Gasteiger partial charge >= 0.3 is 0 Å². The molecule has 0 amide bonds. The van der Waals surface area contributed by atoms with Gasteiger partial charge in [-0.05, 0) is 24.3 Å². The van der Waals surface area contributed by atoms with Crippen LogP contribution in [-0.2, 0) is 19.5 Å². The van der Waals surface area contributed by atoms with Crippen LogP contribution in [0.15, 0.2) is 24.3 Å². The van der Waals surface area contributed by atoms with E-state index in [1.165, 1.54) is 24.3 Å². The molecule has 0 fully saturated rings. The number of hydrogen-bond acceptors (Lipinski definition) is 2. The van der Waals surface area contributed by atoms with Crippen molar-refractivity contribution in [2.75, 3.05) is 0 Å². The molecule has 0 unspecified atom stereocenters. The summed E-state index contributed by atoms with van der Waals surface area (Å²) in [4.78, 5) is 0. The topological polar surface area (TPSA) is 40.5 Å². The molecule has 2 nitrogen and oxygen atoms in total. The van der Waals surface area contributed by atoms with Crippen LogP contribution in [0.25, 0.3) is 0 Å². The Labute approximate surface area is 65.9 Å². The van der Waals surface area contributed by atoms with Gasteiger partial charge < -0.3 is 10.2 Å². The maximum Gasteiger partial charge on any atom is 0.115 e. The van der Waals surface area contributed by atoms with E-state index < -0.39 is 0 Å². The van der Waals surface area contributed by atoms with Crippen molar-refractivity contribution in [3.05, 3.63) is 24.3 Å². The molecule has 0 saturated heterocycles. The minimum atomic E-state index is 0. The third-order valence-corrected chi connectivity index (χ3v) is 0.850. The summed E-state index contributed by atoms with van der Waals surface area (Å²) in [5.41, 5.74) is 0. The number of rotatable bonds is 0. The standard InChI is InChI=1S/C6H6O2.Ru/c7-5-1-2-6(8)4-3-5;/h1-4,7-8H;. The molecule has 0 aliphatic carbocycles. The first kappa shape index (κ1) is 8.44. The minimum Gasteiger partial charge on any atom is -0.508 e. The molecule has 3 heteroatoms. The Balaban J connectivity index is 0.000000640. The second-order valence-corrected chi connectivity index (χ2v) is 1.52. The first-order valence-corrected chi connectivity index (χ1v) is 2.27. The van der Waals surface area contributed by atoms with Crippen molar-refractivity contribution in [2.24, 2.45) is 0 Å². The van der Waals surface area contributed by atoms with E-state index >= 15 is 0 Å². The molecule has 0 heterocycles. The Kier molecular flexibility index (Phi) is 3.25. The van der Waals surface area contributed by atoms with E-state index in [9.17, 15) is 0 Å². The van der Waals surface area contributed by atoms with Crippen molar-refractivity contribution in [2.45, 2.75) is 0 Å². The van der Waals surface area contributed by atoms with Gasteiger partial charge in [-0.25, -0.2) is 0 Å². The summed E-state index contributed by atoms with van der Waals surface area (Å²) in [6.45, 7) is 0. The van der Waals surface area contributed by atoms with Crippen LogP contribution in [-0.4, -0.2) is 10.2 Å². The van der Waals surface area contributed by atoms with Crippen LogP contribution in [0.1, 0.15) is 0 Å². The zero-order valence-corrected chi connectivity index (χ0v) is 6.30. The maximum absolute atomic E-state index is 8.65. The van der Waals surface area contributed by atoms with Crippen LogP contribution in [0.5, 0.6) is 11.5 Å². The van der Waals surface area contributed by atoms with Crippen molar-refractivity contribution < 1.29 is 29.7 Å². The van der Waals surface area contributed by atoms with Gasteiger partial charge in [-0.15, -0.1) is 0 Å². The summed E-state index contributed by atoms with van der Waals surface area (Å²) >= 11 is 0. The number of aromatic hydroxyl groups is 2. The van der Waals surface area contributed by atoms with Gasteiger partial charge in [0.1, 0.15) is 11.5 Å². The molecular formula is C6H6O2Ru. The fourth-order valence-corrected chi connectivity index (χ4v) is 0.453. The quantitative estimate of drug-likeness (QED) is 0.498. The number of phenolic OH excluding ortho intramolecular Hbond substituents is 2. The smallest absolute Gasteiger partial charge is 0.115 e. The van der Waals surface area contributed by atoms with Crippen molar-refractivity contribution in [1.29, 1.82) is 0 Å². The predicted octanol–water partition coefficient (Wildman–Crippen LogP) is 1.10. The summed E-state index contributed by atoms with van der Waals surface area (Å²) in [5, 5.41) is 17.3. The van der Waals surface area contributed by atoms with Gasteiger partial charge in [-0.2, -0.15) is 0 Å². The van der Waals surface area contributed by atoms with Crippen molar-refractivity contribution in [3.63, 3.8) is 0 Å². The second kappa shape index (κ2) is 3.47. The predicted molar refractivity (Wildman–Crippen MR) is 29.8 cm³/mol. The van der Waals surface area contributed by atoms with Crippen molar-refractivity contribution in [1.82, 2.24) is 0 Å². The Morgan fingerprint density at radius 2 is 1.00 bits per heavy atom. The molecule has 0 radical (unpaired) electrons. The third-order valence-electron chi connectivity index (χ3n) is 0.850. The number of hydrogen-bond donors (Lipinski definition) is 2. The molecule has 0 spiro atoms. The van der Waals surface area contributed by atoms with Gasteiger partial charge in [-0.3, -0.25) is 0 Å². The molecule has 1 aromatic carbocycles. The van der Waals surface area contributed by atoms with Gasteiger partial charge in [0.2, 0.25) is 0 Å². The Bertz CT molecular complexity index is 150. The monoisotopic (exact) mass is 212 g/mol. The van der Waals surface area contributed by atoms with Gasteiger partial charge in [0, 0.05) is 19.5 Å². The fourth-order valence-electron chi connectivity index (χ4n) is 0.453. The second-order valence-electron chi connectivity index (χ2n) is 1.52. The average Bonchev–Trinajstić information content (AvgIpc) is 1.77. The summed E-state index contributed by atoms with van der Waals surface area (Å²) < 4.78 is 0. The van der Waals surface area contributed by atoms with Crippen LogP contribution >= 0.6 is 0 Å². The third kappa shape index (κ3) is 2.47. The number of phenols is 2. The molecule has 50 valence electrons. The molecule has 1 aromatic rings. The Hall–Kier alpha value is -0.557. The van der Waals surface area contributed by atoms with Crippen molar-refractivity contribution >= 4 is 0 Å². The van der Waals surface area contributed by atoms with E-state index in [1.807, 2.05) is 0 Å².